The number of benzene rings is 1. The standard InChI is InChI=1S/C19H26N4O/c1-15(21-9-7-20(2)8-10-21)19(24)22-11-12-23-17(14-22)13-16-5-3-4-6-18(16)23/h3-6,13,15H,7-12,14H2,1-2H3. The number of fused-ring (bicyclic) bond motifs is 3. The zero-order valence-corrected chi connectivity index (χ0v) is 14.6. The molecule has 1 unspecified atom stereocenters. The van der Waals surface area contributed by atoms with Crippen LogP contribution in [0.15, 0.2) is 30.3 Å². The zero-order chi connectivity index (χ0) is 16.7. The summed E-state index contributed by atoms with van der Waals surface area (Å²) in [5, 5.41) is 1.27. The maximum atomic E-state index is 13.0. The van der Waals surface area contributed by atoms with Crippen LogP contribution in [0.5, 0.6) is 0 Å². The topological polar surface area (TPSA) is 31.7 Å². The van der Waals surface area contributed by atoms with E-state index in [2.05, 4.69) is 58.7 Å². The molecule has 1 saturated heterocycles. The third kappa shape index (κ3) is 2.72. The smallest absolute Gasteiger partial charge is 0.240 e. The van der Waals surface area contributed by atoms with E-state index in [0.717, 1.165) is 45.8 Å². The third-order valence-electron chi connectivity index (χ3n) is 5.60. The predicted molar refractivity (Wildman–Crippen MR) is 95.9 cm³/mol. The summed E-state index contributed by atoms with van der Waals surface area (Å²) in [7, 11) is 2.15. The van der Waals surface area contributed by atoms with Gasteiger partial charge in [0.05, 0.1) is 12.6 Å². The molecule has 5 nitrogen and oxygen atoms in total. The molecule has 1 aromatic carbocycles. The first kappa shape index (κ1) is 15.7. The fourth-order valence-electron chi connectivity index (χ4n) is 3.98. The number of hydrogen-bond donors (Lipinski definition) is 0. The van der Waals surface area contributed by atoms with Gasteiger partial charge in [0.15, 0.2) is 0 Å². The van der Waals surface area contributed by atoms with Gasteiger partial charge in [-0.15, -0.1) is 0 Å². The number of para-hydroxylation sites is 1. The van der Waals surface area contributed by atoms with Crippen molar-refractivity contribution in [1.29, 1.82) is 0 Å². The lowest BCUT2D eigenvalue weighted by Gasteiger charge is -2.38. The molecule has 5 heteroatoms. The number of nitrogens with zero attached hydrogens (tertiary/aromatic N) is 4. The van der Waals surface area contributed by atoms with E-state index in [1.54, 1.807) is 0 Å². The Kier molecular flexibility index (Phi) is 4.06. The van der Waals surface area contributed by atoms with E-state index >= 15 is 0 Å². The Balaban J connectivity index is 1.48. The van der Waals surface area contributed by atoms with Crippen molar-refractivity contribution in [1.82, 2.24) is 19.3 Å². The molecule has 128 valence electrons. The second-order valence-corrected chi connectivity index (χ2v) is 7.12. The van der Waals surface area contributed by atoms with Gasteiger partial charge < -0.3 is 14.4 Å². The zero-order valence-electron chi connectivity index (χ0n) is 14.6. The predicted octanol–water partition coefficient (Wildman–Crippen LogP) is 1.62. The van der Waals surface area contributed by atoms with E-state index in [-0.39, 0.29) is 11.9 Å². The highest BCUT2D eigenvalue weighted by atomic mass is 16.2. The monoisotopic (exact) mass is 326 g/mol. The van der Waals surface area contributed by atoms with Gasteiger partial charge in [-0.05, 0) is 31.5 Å². The number of piperazine rings is 1. The minimum Gasteiger partial charge on any atom is -0.341 e. The van der Waals surface area contributed by atoms with Crippen LogP contribution in [-0.4, -0.2) is 71.0 Å². The lowest BCUT2D eigenvalue weighted by Crippen LogP contribution is -2.54. The first-order valence-corrected chi connectivity index (χ1v) is 8.92. The second-order valence-electron chi connectivity index (χ2n) is 7.12. The van der Waals surface area contributed by atoms with Crippen LogP contribution < -0.4 is 0 Å². The van der Waals surface area contributed by atoms with Crippen molar-refractivity contribution < 1.29 is 4.79 Å². The molecule has 2 aliphatic rings. The van der Waals surface area contributed by atoms with Gasteiger partial charge in [-0.2, -0.15) is 0 Å². The van der Waals surface area contributed by atoms with Gasteiger partial charge in [0.2, 0.25) is 5.91 Å². The molecule has 1 aromatic heterocycles. The van der Waals surface area contributed by atoms with Crippen LogP contribution in [-0.2, 0) is 17.9 Å². The van der Waals surface area contributed by atoms with Crippen LogP contribution in [0.3, 0.4) is 0 Å². The molecule has 4 rings (SSSR count). The first-order valence-electron chi connectivity index (χ1n) is 8.92. The maximum Gasteiger partial charge on any atom is 0.240 e. The molecule has 0 aliphatic carbocycles. The molecule has 1 fully saturated rings. The van der Waals surface area contributed by atoms with Gasteiger partial charge in [0.1, 0.15) is 0 Å². The Labute approximate surface area is 143 Å². The van der Waals surface area contributed by atoms with Crippen molar-refractivity contribution in [2.45, 2.75) is 26.1 Å². The van der Waals surface area contributed by atoms with Gasteiger partial charge >= 0.3 is 0 Å². The van der Waals surface area contributed by atoms with Crippen molar-refractivity contribution in [3.8, 4) is 0 Å². The Morgan fingerprint density at radius 3 is 2.58 bits per heavy atom. The summed E-state index contributed by atoms with van der Waals surface area (Å²) >= 11 is 0. The molecule has 0 radical (unpaired) electrons. The summed E-state index contributed by atoms with van der Waals surface area (Å²) in [6, 6.07) is 10.7. The lowest BCUT2D eigenvalue weighted by atomic mass is 10.2. The number of likely N-dealkylation sites (N-methyl/N-ethyl adjacent to an activating group) is 1. The molecule has 0 saturated carbocycles. The minimum absolute atomic E-state index is 0.0189. The van der Waals surface area contributed by atoms with Gasteiger partial charge in [0, 0.05) is 50.5 Å². The van der Waals surface area contributed by atoms with Gasteiger partial charge in [-0.3, -0.25) is 9.69 Å². The summed E-state index contributed by atoms with van der Waals surface area (Å²) < 4.78 is 2.36. The van der Waals surface area contributed by atoms with Crippen LogP contribution in [0, 0.1) is 0 Å². The number of aromatic nitrogens is 1. The van der Waals surface area contributed by atoms with Crippen LogP contribution >= 0.6 is 0 Å². The van der Waals surface area contributed by atoms with E-state index in [9.17, 15) is 4.79 Å². The lowest BCUT2D eigenvalue weighted by molar-refractivity contribution is -0.138. The van der Waals surface area contributed by atoms with Crippen LogP contribution in [0.25, 0.3) is 10.9 Å². The number of amides is 1. The second kappa shape index (κ2) is 6.22. The summed E-state index contributed by atoms with van der Waals surface area (Å²) in [5.41, 5.74) is 2.54. The quantitative estimate of drug-likeness (QED) is 0.840. The maximum absolute atomic E-state index is 13.0. The Morgan fingerprint density at radius 2 is 1.79 bits per heavy atom. The Bertz CT molecular complexity index is 745. The van der Waals surface area contributed by atoms with Gasteiger partial charge in [0.25, 0.3) is 0 Å². The van der Waals surface area contributed by atoms with E-state index in [1.807, 2.05) is 4.90 Å². The highest BCUT2D eigenvalue weighted by Gasteiger charge is 2.30. The highest BCUT2D eigenvalue weighted by molar-refractivity contribution is 5.84. The summed E-state index contributed by atoms with van der Waals surface area (Å²) in [6.07, 6.45) is 0. The molecule has 0 spiro atoms. The largest absolute Gasteiger partial charge is 0.341 e. The molecular weight excluding hydrogens is 300 g/mol. The van der Waals surface area contributed by atoms with Crippen LogP contribution in [0.2, 0.25) is 0 Å². The Morgan fingerprint density at radius 1 is 1.04 bits per heavy atom. The van der Waals surface area contributed by atoms with Crippen molar-refractivity contribution in [2.75, 3.05) is 39.8 Å². The highest BCUT2D eigenvalue weighted by Crippen LogP contribution is 2.24. The SMILES string of the molecule is CC(C(=O)N1CCn2c(cc3ccccc32)C1)N1CCN(C)CC1. The molecule has 2 aromatic rings. The van der Waals surface area contributed by atoms with E-state index < -0.39 is 0 Å². The third-order valence-corrected chi connectivity index (χ3v) is 5.60. The van der Waals surface area contributed by atoms with Crippen molar-refractivity contribution >= 4 is 16.8 Å². The molecular formula is C19H26N4O. The van der Waals surface area contributed by atoms with Gasteiger partial charge in [-0.25, -0.2) is 0 Å². The van der Waals surface area contributed by atoms with Crippen molar-refractivity contribution in [2.24, 2.45) is 0 Å². The summed E-state index contributed by atoms with van der Waals surface area (Å²) in [6.45, 7) is 8.56. The first-order chi connectivity index (χ1) is 11.6. The summed E-state index contributed by atoms with van der Waals surface area (Å²) in [4.78, 5) is 19.7. The van der Waals surface area contributed by atoms with E-state index in [1.165, 1.54) is 16.6 Å². The Hall–Kier alpha value is -1.85. The average Bonchev–Trinajstić information content (AvgIpc) is 2.99. The molecule has 1 amide bonds. The summed E-state index contributed by atoms with van der Waals surface area (Å²) in [5.74, 6) is 0.274. The van der Waals surface area contributed by atoms with E-state index in [4.69, 9.17) is 0 Å². The number of carbonyl (C=O) groups is 1. The fourth-order valence-corrected chi connectivity index (χ4v) is 3.98. The number of rotatable bonds is 2. The molecule has 24 heavy (non-hydrogen) atoms. The fraction of sp³-hybridized carbons (Fsp3) is 0.526. The normalized spacial score (nSPS) is 21.0. The molecule has 3 heterocycles. The van der Waals surface area contributed by atoms with Crippen LogP contribution in [0.4, 0.5) is 0 Å². The van der Waals surface area contributed by atoms with E-state index in [0.29, 0.717) is 0 Å². The molecule has 0 N–H and O–H groups in total. The van der Waals surface area contributed by atoms with Crippen molar-refractivity contribution in [3.05, 3.63) is 36.0 Å². The number of hydrogen-bond acceptors (Lipinski definition) is 3. The minimum atomic E-state index is -0.0189. The van der Waals surface area contributed by atoms with Crippen molar-refractivity contribution in [3.63, 3.8) is 0 Å². The average molecular weight is 326 g/mol. The van der Waals surface area contributed by atoms with Gasteiger partial charge in [-0.1, -0.05) is 18.2 Å². The number of carbonyl (C=O) groups excluding carboxylic acids is 1. The molecule has 2 aliphatic heterocycles. The molecule has 0 bridgehead atoms. The molecule has 1 atom stereocenters. The van der Waals surface area contributed by atoms with Crippen LogP contribution in [0.1, 0.15) is 12.6 Å².